The molecule has 1 atom stereocenters. The molecule has 1 unspecified atom stereocenters. The molecular weight excluding hydrogens is 342 g/mol. The van der Waals surface area contributed by atoms with Crippen LogP contribution in [0.15, 0.2) is 41.1 Å². The topological polar surface area (TPSA) is 38.2 Å². The van der Waals surface area contributed by atoms with Crippen molar-refractivity contribution in [3.8, 4) is 5.75 Å². The van der Waals surface area contributed by atoms with E-state index in [9.17, 15) is 0 Å². The molecule has 1 aromatic heterocycles. The van der Waals surface area contributed by atoms with E-state index < -0.39 is 0 Å². The van der Waals surface area contributed by atoms with Gasteiger partial charge in [0.05, 0.1) is 11.0 Å². The molecule has 6 heteroatoms. The van der Waals surface area contributed by atoms with Crippen LogP contribution in [0.25, 0.3) is 0 Å². The molecule has 0 amide bonds. The van der Waals surface area contributed by atoms with Crippen molar-refractivity contribution < 1.29 is 4.74 Å². The van der Waals surface area contributed by atoms with Gasteiger partial charge in [0.15, 0.2) is 0 Å². The van der Waals surface area contributed by atoms with Crippen molar-refractivity contribution in [3.63, 3.8) is 0 Å². The van der Waals surface area contributed by atoms with E-state index in [1.807, 2.05) is 24.3 Å². The van der Waals surface area contributed by atoms with Crippen molar-refractivity contribution in [2.75, 3.05) is 18.0 Å². The molecule has 2 heterocycles. The molecule has 0 saturated carbocycles. The summed E-state index contributed by atoms with van der Waals surface area (Å²) in [6, 6.07) is 7.48. The Bertz CT molecular complexity index is 593. The monoisotopic (exact) mass is 353 g/mol. The molecule has 4 nitrogen and oxygen atoms in total. The van der Waals surface area contributed by atoms with E-state index in [0.717, 1.165) is 35.7 Å². The van der Waals surface area contributed by atoms with Crippen LogP contribution in [0.5, 0.6) is 5.75 Å². The van der Waals surface area contributed by atoms with Gasteiger partial charge in [0, 0.05) is 30.4 Å². The molecule has 104 valence electrons. The number of anilines is 1. The van der Waals surface area contributed by atoms with E-state index in [4.69, 9.17) is 16.3 Å². The van der Waals surface area contributed by atoms with Crippen molar-refractivity contribution in [1.82, 2.24) is 9.97 Å². The SMILES string of the molecule is Clc1cccc(OC2CCN(c3ncc(Br)cn3)C2)c1. The first-order valence-electron chi connectivity index (χ1n) is 6.35. The van der Waals surface area contributed by atoms with Crippen LogP contribution in [0.2, 0.25) is 5.02 Å². The van der Waals surface area contributed by atoms with Gasteiger partial charge in [0.2, 0.25) is 5.95 Å². The van der Waals surface area contributed by atoms with Crippen molar-refractivity contribution in [2.45, 2.75) is 12.5 Å². The van der Waals surface area contributed by atoms with Crippen molar-refractivity contribution in [3.05, 3.63) is 46.2 Å². The largest absolute Gasteiger partial charge is 0.488 e. The maximum atomic E-state index is 5.95. The van der Waals surface area contributed by atoms with Crippen LogP contribution in [0, 0.1) is 0 Å². The molecule has 3 rings (SSSR count). The average molecular weight is 355 g/mol. The summed E-state index contributed by atoms with van der Waals surface area (Å²) in [6.45, 7) is 1.68. The Kier molecular flexibility index (Phi) is 4.08. The summed E-state index contributed by atoms with van der Waals surface area (Å²) in [6.07, 6.45) is 4.60. The zero-order chi connectivity index (χ0) is 13.9. The maximum Gasteiger partial charge on any atom is 0.225 e. The summed E-state index contributed by atoms with van der Waals surface area (Å²) in [5.41, 5.74) is 0. The smallest absolute Gasteiger partial charge is 0.225 e. The van der Waals surface area contributed by atoms with Gasteiger partial charge in [-0.05, 0) is 34.1 Å². The minimum absolute atomic E-state index is 0.140. The first kappa shape index (κ1) is 13.6. The molecular formula is C14H13BrClN3O. The first-order valence-corrected chi connectivity index (χ1v) is 7.52. The molecule has 1 aromatic carbocycles. The summed E-state index contributed by atoms with van der Waals surface area (Å²) in [4.78, 5) is 10.7. The molecule has 0 bridgehead atoms. The third kappa shape index (κ3) is 3.22. The van der Waals surface area contributed by atoms with Crippen molar-refractivity contribution in [1.29, 1.82) is 0 Å². The van der Waals surface area contributed by atoms with Gasteiger partial charge in [-0.15, -0.1) is 0 Å². The van der Waals surface area contributed by atoms with Gasteiger partial charge in [0.1, 0.15) is 11.9 Å². The Morgan fingerprint density at radius 1 is 1.30 bits per heavy atom. The highest BCUT2D eigenvalue weighted by Gasteiger charge is 2.25. The molecule has 2 aromatic rings. The number of aromatic nitrogens is 2. The molecule has 1 saturated heterocycles. The van der Waals surface area contributed by atoms with Gasteiger partial charge in [-0.2, -0.15) is 0 Å². The standard InChI is InChI=1S/C14H13BrClN3O/c15-10-7-17-14(18-8-10)19-5-4-13(9-19)20-12-3-1-2-11(16)6-12/h1-3,6-8,13H,4-5,9H2. The number of ether oxygens (including phenoxy) is 1. The van der Waals surface area contributed by atoms with Crippen LogP contribution in [-0.2, 0) is 0 Å². The van der Waals surface area contributed by atoms with Crippen LogP contribution >= 0.6 is 27.5 Å². The number of benzene rings is 1. The average Bonchev–Trinajstić information content (AvgIpc) is 2.88. The quantitative estimate of drug-likeness (QED) is 0.845. The molecule has 0 N–H and O–H groups in total. The second-order valence-electron chi connectivity index (χ2n) is 4.63. The number of nitrogens with zero attached hydrogens (tertiary/aromatic N) is 3. The number of halogens is 2. The van der Waals surface area contributed by atoms with Gasteiger partial charge in [-0.3, -0.25) is 0 Å². The van der Waals surface area contributed by atoms with Crippen molar-refractivity contribution in [2.24, 2.45) is 0 Å². The fourth-order valence-corrected chi connectivity index (χ4v) is 2.59. The van der Waals surface area contributed by atoms with E-state index in [2.05, 4.69) is 30.8 Å². The molecule has 20 heavy (non-hydrogen) atoms. The zero-order valence-corrected chi connectivity index (χ0v) is 13.0. The lowest BCUT2D eigenvalue weighted by molar-refractivity contribution is 0.225. The Morgan fingerprint density at radius 3 is 2.85 bits per heavy atom. The van der Waals surface area contributed by atoms with Crippen LogP contribution < -0.4 is 9.64 Å². The number of rotatable bonds is 3. The Hall–Kier alpha value is -1.33. The predicted octanol–water partition coefficient (Wildman–Crippen LogP) is 3.55. The fourth-order valence-electron chi connectivity index (χ4n) is 2.21. The van der Waals surface area contributed by atoms with E-state index in [0.29, 0.717) is 5.02 Å². The van der Waals surface area contributed by atoms with Crippen LogP contribution in [0.3, 0.4) is 0 Å². The molecule has 0 radical (unpaired) electrons. The summed E-state index contributed by atoms with van der Waals surface area (Å²) in [7, 11) is 0. The van der Waals surface area contributed by atoms with E-state index in [-0.39, 0.29) is 6.10 Å². The van der Waals surface area contributed by atoms with E-state index in [1.54, 1.807) is 12.4 Å². The van der Waals surface area contributed by atoms with Gasteiger partial charge < -0.3 is 9.64 Å². The third-order valence-electron chi connectivity index (χ3n) is 3.13. The lowest BCUT2D eigenvalue weighted by Gasteiger charge is -2.17. The highest BCUT2D eigenvalue weighted by atomic mass is 79.9. The minimum atomic E-state index is 0.140. The first-order chi connectivity index (χ1) is 9.70. The van der Waals surface area contributed by atoms with Crippen LogP contribution in [0.1, 0.15) is 6.42 Å². The minimum Gasteiger partial charge on any atom is -0.488 e. The molecule has 0 spiro atoms. The van der Waals surface area contributed by atoms with Gasteiger partial charge in [-0.25, -0.2) is 9.97 Å². The summed E-state index contributed by atoms with van der Waals surface area (Å²) >= 11 is 9.29. The lowest BCUT2D eigenvalue weighted by Crippen LogP contribution is -2.25. The van der Waals surface area contributed by atoms with E-state index >= 15 is 0 Å². The molecule has 1 aliphatic heterocycles. The molecule has 0 aliphatic carbocycles. The highest BCUT2D eigenvalue weighted by Crippen LogP contribution is 2.23. The highest BCUT2D eigenvalue weighted by molar-refractivity contribution is 9.10. The second kappa shape index (κ2) is 5.97. The summed E-state index contributed by atoms with van der Waals surface area (Å²) < 4.78 is 6.82. The number of hydrogen-bond donors (Lipinski definition) is 0. The Balaban J connectivity index is 1.63. The zero-order valence-electron chi connectivity index (χ0n) is 10.7. The number of hydrogen-bond acceptors (Lipinski definition) is 4. The molecule has 1 fully saturated rings. The normalized spacial score (nSPS) is 18.3. The lowest BCUT2D eigenvalue weighted by atomic mass is 10.3. The Labute approximate surface area is 130 Å². The van der Waals surface area contributed by atoms with Gasteiger partial charge >= 0.3 is 0 Å². The van der Waals surface area contributed by atoms with Crippen LogP contribution in [0.4, 0.5) is 5.95 Å². The van der Waals surface area contributed by atoms with Crippen LogP contribution in [-0.4, -0.2) is 29.2 Å². The summed E-state index contributed by atoms with van der Waals surface area (Å²) in [5, 5.41) is 0.689. The molecule has 1 aliphatic rings. The fraction of sp³-hybridized carbons (Fsp3) is 0.286. The third-order valence-corrected chi connectivity index (χ3v) is 3.78. The Morgan fingerprint density at radius 2 is 2.10 bits per heavy atom. The predicted molar refractivity (Wildman–Crippen MR) is 82.4 cm³/mol. The van der Waals surface area contributed by atoms with Gasteiger partial charge in [0.25, 0.3) is 0 Å². The summed E-state index contributed by atoms with van der Waals surface area (Å²) in [5.74, 6) is 1.55. The second-order valence-corrected chi connectivity index (χ2v) is 5.99. The van der Waals surface area contributed by atoms with E-state index in [1.165, 1.54) is 0 Å². The van der Waals surface area contributed by atoms with Crippen molar-refractivity contribution >= 4 is 33.5 Å². The van der Waals surface area contributed by atoms with Gasteiger partial charge in [-0.1, -0.05) is 17.7 Å². The maximum absolute atomic E-state index is 5.95.